The van der Waals surface area contributed by atoms with E-state index in [1.165, 1.54) is 47.4 Å². The van der Waals surface area contributed by atoms with E-state index in [9.17, 15) is 19.1 Å². The SMILES string of the molecule is Cc1ccc(N2C(=O)C(=O)/C(=C(/O)c3ccc(Cl)c(Cl)c3)C2c2ccc(F)cc2)cc1C. The van der Waals surface area contributed by atoms with Gasteiger partial charge in [-0.25, -0.2) is 4.39 Å². The number of aliphatic hydroxyl groups excluding tert-OH is 1. The summed E-state index contributed by atoms with van der Waals surface area (Å²) in [5, 5.41) is 11.6. The Bertz CT molecular complexity index is 1280. The van der Waals surface area contributed by atoms with Crippen LogP contribution in [-0.4, -0.2) is 16.8 Å². The molecule has 0 aliphatic carbocycles. The summed E-state index contributed by atoms with van der Waals surface area (Å²) in [5.41, 5.74) is 3.07. The summed E-state index contributed by atoms with van der Waals surface area (Å²) in [6.07, 6.45) is 0. The van der Waals surface area contributed by atoms with Gasteiger partial charge in [-0.15, -0.1) is 0 Å². The maximum Gasteiger partial charge on any atom is 0.300 e. The van der Waals surface area contributed by atoms with Gasteiger partial charge in [-0.05, 0) is 73.0 Å². The molecule has 1 N–H and O–H groups in total. The first-order valence-electron chi connectivity index (χ1n) is 9.78. The van der Waals surface area contributed by atoms with Gasteiger partial charge in [0.15, 0.2) is 0 Å². The Morgan fingerprint density at radius 3 is 2.22 bits per heavy atom. The van der Waals surface area contributed by atoms with E-state index in [0.717, 1.165) is 11.1 Å². The first-order valence-corrected chi connectivity index (χ1v) is 10.5. The number of aliphatic hydroxyl groups is 1. The van der Waals surface area contributed by atoms with E-state index >= 15 is 0 Å². The highest BCUT2D eigenvalue weighted by Crippen LogP contribution is 2.43. The smallest absolute Gasteiger partial charge is 0.300 e. The number of carbonyl (C=O) groups is 2. The van der Waals surface area contributed by atoms with Crippen LogP contribution < -0.4 is 4.90 Å². The van der Waals surface area contributed by atoms with Crippen LogP contribution >= 0.6 is 23.2 Å². The molecule has 4 rings (SSSR count). The Kier molecular flexibility index (Phi) is 5.80. The number of ketones is 1. The number of Topliss-reactive ketones (excluding diaryl/α,β-unsaturated/α-hetero) is 1. The normalized spacial score (nSPS) is 17.8. The lowest BCUT2D eigenvalue weighted by atomic mass is 9.95. The summed E-state index contributed by atoms with van der Waals surface area (Å²) in [4.78, 5) is 27.6. The summed E-state index contributed by atoms with van der Waals surface area (Å²) in [6.45, 7) is 3.84. The molecule has 0 aromatic heterocycles. The topological polar surface area (TPSA) is 57.6 Å². The van der Waals surface area contributed by atoms with Gasteiger partial charge in [0.1, 0.15) is 11.6 Å². The third-order valence-electron chi connectivity index (χ3n) is 5.59. The number of nitrogens with zero attached hydrogens (tertiary/aromatic N) is 1. The molecular formula is C25H18Cl2FNO3. The van der Waals surface area contributed by atoms with Crippen molar-refractivity contribution in [2.24, 2.45) is 0 Å². The van der Waals surface area contributed by atoms with Crippen LogP contribution in [0.15, 0.2) is 66.2 Å². The minimum absolute atomic E-state index is 0.113. The Labute approximate surface area is 194 Å². The maximum absolute atomic E-state index is 13.6. The average Bonchev–Trinajstić information content (AvgIpc) is 3.03. The van der Waals surface area contributed by atoms with E-state index < -0.39 is 23.5 Å². The Balaban J connectivity index is 1.96. The molecule has 1 saturated heterocycles. The van der Waals surface area contributed by atoms with E-state index in [1.54, 1.807) is 12.1 Å². The number of amides is 1. The average molecular weight is 470 g/mol. The summed E-state index contributed by atoms with van der Waals surface area (Å²) >= 11 is 12.1. The Hall–Kier alpha value is -3.15. The molecule has 1 amide bonds. The molecule has 4 nitrogen and oxygen atoms in total. The minimum Gasteiger partial charge on any atom is -0.507 e. The number of rotatable bonds is 3. The molecule has 1 unspecified atom stereocenters. The number of hydrogen-bond acceptors (Lipinski definition) is 3. The molecule has 1 fully saturated rings. The molecule has 0 bridgehead atoms. The van der Waals surface area contributed by atoms with Crippen LogP contribution in [0.4, 0.5) is 10.1 Å². The van der Waals surface area contributed by atoms with E-state index in [2.05, 4.69) is 0 Å². The predicted molar refractivity (Wildman–Crippen MR) is 124 cm³/mol. The van der Waals surface area contributed by atoms with Gasteiger partial charge in [0.25, 0.3) is 11.7 Å². The minimum atomic E-state index is -0.952. The van der Waals surface area contributed by atoms with Crippen LogP contribution in [0.5, 0.6) is 0 Å². The molecule has 0 radical (unpaired) electrons. The number of aryl methyl sites for hydroxylation is 2. The molecule has 1 heterocycles. The van der Waals surface area contributed by atoms with E-state index in [4.69, 9.17) is 23.2 Å². The van der Waals surface area contributed by atoms with Crippen LogP contribution in [0.2, 0.25) is 10.0 Å². The zero-order valence-electron chi connectivity index (χ0n) is 17.2. The first-order chi connectivity index (χ1) is 15.2. The quantitative estimate of drug-likeness (QED) is 0.275. The standard InChI is InChI=1S/C25H18Cl2FNO3/c1-13-3-9-18(11-14(13)2)29-22(15-4-7-17(28)8-5-15)21(24(31)25(29)32)23(30)16-6-10-19(26)20(27)12-16/h3-12,22,30H,1-2H3/b23-21+. The van der Waals surface area contributed by atoms with Crippen molar-refractivity contribution in [3.8, 4) is 0 Å². The highest BCUT2D eigenvalue weighted by Gasteiger charge is 2.47. The van der Waals surface area contributed by atoms with Gasteiger partial charge >= 0.3 is 0 Å². The summed E-state index contributed by atoms with van der Waals surface area (Å²) < 4.78 is 13.6. The molecule has 3 aromatic rings. The summed E-state index contributed by atoms with van der Waals surface area (Å²) in [7, 11) is 0. The van der Waals surface area contributed by atoms with Gasteiger partial charge in [-0.3, -0.25) is 14.5 Å². The van der Waals surface area contributed by atoms with Crippen molar-refractivity contribution in [1.29, 1.82) is 0 Å². The zero-order chi connectivity index (χ0) is 23.2. The van der Waals surface area contributed by atoms with Gasteiger partial charge in [0.2, 0.25) is 0 Å². The number of benzene rings is 3. The Morgan fingerprint density at radius 2 is 1.59 bits per heavy atom. The van der Waals surface area contributed by atoms with Gasteiger partial charge in [0.05, 0.1) is 21.7 Å². The van der Waals surface area contributed by atoms with Gasteiger partial charge in [0, 0.05) is 11.3 Å². The fraction of sp³-hybridized carbons (Fsp3) is 0.120. The van der Waals surface area contributed by atoms with Gasteiger partial charge in [-0.2, -0.15) is 0 Å². The number of halogens is 3. The van der Waals surface area contributed by atoms with E-state index in [1.807, 2.05) is 19.9 Å². The zero-order valence-corrected chi connectivity index (χ0v) is 18.7. The van der Waals surface area contributed by atoms with Crippen molar-refractivity contribution in [3.63, 3.8) is 0 Å². The molecule has 3 aromatic carbocycles. The molecule has 32 heavy (non-hydrogen) atoms. The maximum atomic E-state index is 13.6. The van der Waals surface area contributed by atoms with E-state index in [-0.39, 0.29) is 26.9 Å². The molecular weight excluding hydrogens is 452 g/mol. The third-order valence-corrected chi connectivity index (χ3v) is 6.33. The molecule has 1 atom stereocenters. The lowest BCUT2D eigenvalue weighted by Crippen LogP contribution is -2.29. The van der Waals surface area contributed by atoms with Crippen molar-refractivity contribution in [2.75, 3.05) is 4.90 Å². The fourth-order valence-corrected chi connectivity index (χ4v) is 4.03. The highest BCUT2D eigenvalue weighted by atomic mass is 35.5. The molecule has 0 spiro atoms. The second-order valence-corrected chi connectivity index (χ2v) is 8.43. The third kappa shape index (κ3) is 3.78. The van der Waals surface area contributed by atoms with Crippen LogP contribution in [-0.2, 0) is 9.59 Å². The van der Waals surface area contributed by atoms with Crippen molar-refractivity contribution < 1.29 is 19.1 Å². The Morgan fingerprint density at radius 1 is 0.906 bits per heavy atom. The second-order valence-electron chi connectivity index (χ2n) is 7.62. The molecule has 1 aliphatic rings. The predicted octanol–water partition coefficient (Wildman–Crippen LogP) is 6.38. The van der Waals surface area contributed by atoms with Crippen molar-refractivity contribution in [2.45, 2.75) is 19.9 Å². The fourth-order valence-electron chi connectivity index (χ4n) is 3.73. The van der Waals surface area contributed by atoms with Crippen LogP contribution in [0.3, 0.4) is 0 Å². The van der Waals surface area contributed by atoms with Gasteiger partial charge < -0.3 is 5.11 Å². The summed E-state index contributed by atoms with van der Waals surface area (Å²) in [6, 6.07) is 14.3. The lowest BCUT2D eigenvalue weighted by molar-refractivity contribution is -0.132. The number of carbonyl (C=O) groups excluding carboxylic acids is 2. The molecule has 1 aliphatic heterocycles. The summed E-state index contributed by atoms with van der Waals surface area (Å²) in [5.74, 6) is -2.48. The largest absolute Gasteiger partial charge is 0.507 e. The number of hydrogen-bond donors (Lipinski definition) is 1. The van der Waals surface area contributed by atoms with Crippen LogP contribution in [0, 0.1) is 19.7 Å². The van der Waals surface area contributed by atoms with Crippen LogP contribution in [0.25, 0.3) is 5.76 Å². The highest BCUT2D eigenvalue weighted by molar-refractivity contribution is 6.51. The molecule has 0 saturated carbocycles. The monoisotopic (exact) mass is 469 g/mol. The first kappa shape index (κ1) is 22.1. The van der Waals surface area contributed by atoms with Gasteiger partial charge in [-0.1, -0.05) is 41.4 Å². The van der Waals surface area contributed by atoms with E-state index in [0.29, 0.717) is 11.3 Å². The molecule has 7 heteroatoms. The lowest BCUT2D eigenvalue weighted by Gasteiger charge is -2.26. The number of anilines is 1. The van der Waals surface area contributed by atoms with Crippen LogP contribution in [0.1, 0.15) is 28.3 Å². The second kappa shape index (κ2) is 8.41. The van der Waals surface area contributed by atoms with Crippen molar-refractivity contribution in [3.05, 3.63) is 104 Å². The van der Waals surface area contributed by atoms with Crippen molar-refractivity contribution in [1.82, 2.24) is 0 Å². The van der Waals surface area contributed by atoms with Crippen molar-refractivity contribution >= 4 is 46.3 Å². The molecule has 162 valence electrons.